The van der Waals surface area contributed by atoms with Crippen LogP contribution in [0.4, 0.5) is 0 Å². The van der Waals surface area contributed by atoms with E-state index in [1.165, 1.54) is 0 Å². The Hall–Kier alpha value is -1.33. The van der Waals surface area contributed by atoms with E-state index in [1.807, 2.05) is 13.0 Å². The summed E-state index contributed by atoms with van der Waals surface area (Å²) in [5, 5.41) is 3.11. The highest BCUT2D eigenvalue weighted by Crippen LogP contribution is 2.42. The largest absolute Gasteiger partial charge is 0.466 e. The number of nitrogens with two attached hydrogens (primary N) is 1. The van der Waals surface area contributed by atoms with E-state index in [9.17, 15) is 4.79 Å². The Bertz CT molecular complexity index is 504. The second kappa shape index (κ2) is 6.20. The number of carbonyl (C=O) groups is 1. The molecule has 2 unspecified atom stereocenters. The average molecular weight is 294 g/mol. The number of hydrogen-bond donors (Lipinski definition) is 2. The zero-order valence-corrected chi connectivity index (χ0v) is 13.4. The van der Waals surface area contributed by atoms with E-state index < -0.39 is 0 Å². The number of aryl methyl sites for hydroxylation is 1. The van der Waals surface area contributed by atoms with Gasteiger partial charge in [-0.3, -0.25) is 4.79 Å². The Morgan fingerprint density at radius 3 is 2.95 bits per heavy atom. The highest BCUT2D eigenvalue weighted by atomic mass is 16.5. The van der Waals surface area contributed by atoms with Gasteiger partial charge < -0.3 is 20.2 Å². The predicted molar refractivity (Wildman–Crippen MR) is 80.9 cm³/mol. The maximum atomic E-state index is 12.2. The molecule has 1 aliphatic carbocycles. The van der Waals surface area contributed by atoms with Gasteiger partial charge in [-0.25, -0.2) is 0 Å². The molecule has 5 heteroatoms. The Kier molecular flexibility index (Phi) is 4.74. The fourth-order valence-electron chi connectivity index (χ4n) is 3.04. The summed E-state index contributed by atoms with van der Waals surface area (Å²) in [6.45, 7) is 6.69. The molecule has 0 saturated heterocycles. The lowest BCUT2D eigenvalue weighted by atomic mass is 9.74. The molecule has 1 aromatic rings. The minimum atomic E-state index is -0.229. The fourth-order valence-corrected chi connectivity index (χ4v) is 3.04. The number of furan rings is 1. The zero-order valence-electron chi connectivity index (χ0n) is 13.4. The third-order valence-corrected chi connectivity index (χ3v) is 4.08. The summed E-state index contributed by atoms with van der Waals surface area (Å²) in [5.74, 6) is 1.87. The van der Waals surface area contributed by atoms with Crippen molar-refractivity contribution in [3.05, 3.63) is 23.2 Å². The number of methoxy groups -OCH3 is 1. The molecule has 0 fully saturated rings. The minimum absolute atomic E-state index is 0.00369. The molecule has 5 nitrogen and oxygen atoms in total. The van der Waals surface area contributed by atoms with E-state index in [-0.39, 0.29) is 29.9 Å². The van der Waals surface area contributed by atoms with Crippen LogP contribution in [0.5, 0.6) is 0 Å². The van der Waals surface area contributed by atoms with Crippen molar-refractivity contribution in [2.45, 2.75) is 52.2 Å². The molecule has 0 aromatic carbocycles. The van der Waals surface area contributed by atoms with Gasteiger partial charge in [-0.15, -0.1) is 0 Å². The number of rotatable bonds is 5. The molecule has 118 valence electrons. The monoisotopic (exact) mass is 294 g/mol. The number of fused-ring (bicyclic) bond motifs is 1. The van der Waals surface area contributed by atoms with Crippen molar-refractivity contribution in [3.63, 3.8) is 0 Å². The van der Waals surface area contributed by atoms with Crippen LogP contribution in [0.1, 0.15) is 49.8 Å². The summed E-state index contributed by atoms with van der Waals surface area (Å²) in [7, 11) is 1.58. The zero-order chi connectivity index (χ0) is 15.6. The highest BCUT2D eigenvalue weighted by molar-refractivity contribution is 5.77. The Labute approximate surface area is 126 Å². The fraction of sp³-hybridized carbons (Fsp3) is 0.688. The second-order valence-corrected chi connectivity index (χ2v) is 6.70. The van der Waals surface area contributed by atoms with Crippen LogP contribution < -0.4 is 11.1 Å². The lowest BCUT2D eigenvalue weighted by Crippen LogP contribution is -2.38. The van der Waals surface area contributed by atoms with Crippen LogP contribution in [0, 0.1) is 12.3 Å². The first-order valence-corrected chi connectivity index (χ1v) is 7.46. The van der Waals surface area contributed by atoms with E-state index in [2.05, 4.69) is 19.2 Å². The predicted octanol–water partition coefficient (Wildman–Crippen LogP) is 2.08. The Morgan fingerprint density at radius 1 is 1.62 bits per heavy atom. The van der Waals surface area contributed by atoms with Crippen LogP contribution in [0.15, 0.2) is 10.5 Å². The first kappa shape index (κ1) is 16.0. The van der Waals surface area contributed by atoms with Crippen molar-refractivity contribution in [2.24, 2.45) is 11.1 Å². The van der Waals surface area contributed by atoms with Gasteiger partial charge >= 0.3 is 0 Å². The van der Waals surface area contributed by atoms with Crippen LogP contribution >= 0.6 is 0 Å². The summed E-state index contributed by atoms with van der Waals surface area (Å²) in [5.41, 5.74) is 6.80. The van der Waals surface area contributed by atoms with Crippen molar-refractivity contribution in [1.29, 1.82) is 0 Å². The molecule has 0 bridgehead atoms. The van der Waals surface area contributed by atoms with E-state index in [1.54, 1.807) is 7.11 Å². The van der Waals surface area contributed by atoms with Crippen LogP contribution in [0.2, 0.25) is 0 Å². The van der Waals surface area contributed by atoms with Gasteiger partial charge in [0.15, 0.2) is 0 Å². The molecule has 2 atom stereocenters. The Balaban J connectivity index is 2.10. The van der Waals surface area contributed by atoms with Crippen molar-refractivity contribution in [3.8, 4) is 0 Å². The highest BCUT2D eigenvalue weighted by Gasteiger charge is 2.35. The van der Waals surface area contributed by atoms with E-state index >= 15 is 0 Å². The van der Waals surface area contributed by atoms with Gasteiger partial charge in [0.05, 0.1) is 18.6 Å². The molecule has 2 rings (SSSR count). The van der Waals surface area contributed by atoms with Gasteiger partial charge in [-0.05, 0) is 24.8 Å². The summed E-state index contributed by atoms with van der Waals surface area (Å²) in [6, 6.07) is 2.04. The van der Waals surface area contributed by atoms with Gasteiger partial charge in [0, 0.05) is 25.6 Å². The minimum Gasteiger partial charge on any atom is -0.466 e. The molecule has 0 radical (unpaired) electrons. The molecular formula is C16H26N2O3. The summed E-state index contributed by atoms with van der Waals surface area (Å²) >= 11 is 0. The van der Waals surface area contributed by atoms with Gasteiger partial charge in [0.25, 0.3) is 0 Å². The lowest BCUT2D eigenvalue weighted by molar-refractivity contribution is -0.124. The van der Waals surface area contributed by atoms with E-state index in [4.69, 9.17) is 14.9 Å². The van der Waals surface area contributed by atoms with E-state index in [0.717, 1.165) is 29.9 Å². The molecule has 0 aliphatic heterocycles. The number of amides is 1. The quantitative estimate of drug-likeness (QED) is 0.871. The van der Waals surface area contributed by atoms with Gasteiger partial charge in [-0.2, -0.15) is 0 Å². The molecule has 1 aliphatic rings. The van der Waals surface area contributed by atoms with Crippen LogP contribution in [-0.4, -0.2) is 25.7 Å². The molecule has 0 spiro atoms. The SMILES string of the molecule is COC(CN)CC(=O)NC1CC(C)(C)Cc2oc(C)cc21. The standard InChI is InChI=1S/C16H26N2O3/c1-10-5-12-13(7-16(2,3)8-14(12)21-10)18-15(19)6-11(9-17)20-4/h5,11,13H,6-9,17H2,1-4H3,(H,18,19). The normalized spacial score (nSPS) is 21.7. The maximum Gasteiger partial charge on any atom is 0.223 e. The number of nitrogens with one attached hydrogen (secondary N) is 1. The van der Waals surface area contributed by atoms with Crippen LogP contribution in [-0.2, 0) is 16.0 Å². The molecule has 1 heterocycles. The molecule has 21 heavy (non-hydrogen) atoms. The van der Waals surface area contributed by atoms with Crippen LogP contribution in [0.25, 0.3) is 0 Å². The Morgan fingerprint density at radius 2 is 2.33 bits per heavy atom. The number of carbonyl (C=O) groups excluding carboxylic acids is 1. The second-order valence-electron chi connectivity index (χ2n) is 6.70. The van der Waals surface area contributed by atoms with Crippen LogP contribution in [0.3, 0.4) is 0 Å². The number of hydrogen-bond acceptors (Lipinski definition) is 4. The van der Waals surface area contributed by atoms with Gasteiger partial charge in [0.1, 0.15) is 11.5 Å². The third kappa shape index (κ3) is 3.86. The maximum absolute atomic E-state index is 12.2. The first-order valence-electron chi connectivity index (χ1n) is 7.46. The molecular weight excluding hydrogens is 268 g/mol. The van der Waals surface area contributed by atoms with Crippen molar-refractivity contribution in [2.75, 3.05) is 13.7 Å². The average Bonchev–Trinajstić information content (AvgIpc) is 2.74. The van der Waals surface area contributed by atoms with Crippen molar-refractivity contribution < 1.29 is 13.9 Å². The molecule has 1 amide bonds. The van der Waals surface area contributed by atoms with Crippen molar-refractivity contribution >= 4 is 5.91 Å². The molecule has 1 aromatic heterocycles. The van der Waals surface area contributed by atoms with E-state index in [0.29, 0.717) is 6.54 Å². The lowest BCUT2D eigenvalue weighted by Gasteiger charge is -2.34. The van der Waals surface area contributed by atoms with Crippen molar-refractivity contribution in [1.82, 2.24) is 5.32 Å². The first-order chi connectivity index (χ1) is 9.84. The topological polar surface area (TPSA) is 77.5 Å². The summed E-state index contributed by atoms with van der Waals surface area (Å²) in [4.78, 5) is 12.2. The molecule has 0 saturated carbocycles. The van der Waals surface area contributed by atoms with Gasteiger partial charge in [0.2, 0.25) is 5.91 Å². The smallest absolute Gasteiger partial charge is 0.223 e. The number of ether oxygens (including phenoxy) is 1. The van der Waals surface area contributed by atoms with Gasteiger partial charge in [-0.1, -0.05) is 13.8 Å². The third-order valence-electron chi connectivity index (χ3n) is 4.08. The molecule has 3 N–H and O–H groups in total. The summed E-state index contributed by atoms with van der Waals surface area (Å²) < 4.78 is 11.0. The summed E-state index contributed by atoms with van der Waals surface area (Å²) in [6.07, 6.45) is 1.87.